The van der Waals surface area contributed by atoms with Crippen molar-refractivity contribution in [3.63, 3.8) is 0 Å². The van der Waals surface area contributed by atoms with Crippen molar-refractivity contribution in [3.05, 3.63) is 0 Å². The van der Waals surface area contributed by atoms with Crippen LogP contribution in [-0.2, 0) is 4.79 Å². The molecule has 0 bridgehead atoms. The van der Waals surface area contributed by atoms with Crippen LogP contribution in [-0.4, -0.2) is 23.5 Å². The Kier molecular flexibility index (Phi) is 4.24. The number of oxime groups is 1. The van der Waals surface area contributed by atoms with E-state index in [1.807, 2.05) is 0 Å². The standard InChI is InChI=1S/C13H25N3O2/c1-9-7-13(8-9,10(14)16-18)11(17)15-6-5-12(2,3)4/h9,18H,5-8H2,1-4H3,(H2,14,16)(H,15,17). The van der Waals surface area contributed by atoms with Gasteiger partial charge in [0.1, 0.15) is 5.41 Å². The van der Waals surface area contributed by atoms with Gasteiger partial charge in [-0.15, -0.1) is 0 Å². The van der Waals surface area contributed by atoms with Crippen LogP contribution in [0.5, 0.6) is 0 Å². The molecule has 5 nitrogen and oxygen atoms in total. The third-order valence-electron chi connectivity index (χ3n) is 3.59. The third kappa shape index (κ3) is 3.15. The smallest absolute Gasteiger partial charge is 0.233 e. The van der Waals surface area contributed by atoms with Gasteiger partial charge in [-0.05, 0) is 30.6 Å². The van der Waals surface area contributed by atoms with Crippen molar-refractivity contribution in [3.8, 4) is 0 Å². The number of nitrogens with one attached hydrogen (secondary N) is 1. The molecule has 0 aromatic heterocycles. The van der Waals surface area contributed by atoms with Gasteiger partial charge >= 0.3 is 0 Å². The molecule has 0 aliphatic heterocycles. The second kappa shape index (κ2) is 5.16. The number of amides is 1. The van der Waals surface area contributed by atoms with Gasteiger partial charge in [0, 0.05) is 6.54 Å². The molecule has 0 radical (unpaired) electrons. The van der Waals surface area contributed by atoms with E-state index in [0.29, 0.717) is 25.3 Å². The summed E-state index contributed by atoms with van der Waals surface area (Å²) < 4.78 is 0. The van der Waals surface area contributed by atoms with Crippen molar-refractivity contribution in [2.24, 2.45) is 27.6 Å². The van der Waals surface area contributed by atoms with Crippen LogP contribution in [0.4, 0.5) is 0 Å². The Morgan fingerprint density at radius 2 is 2.06 bits per heavy atom. The van der Waals surface area contributed by atoms with E-state index in [4.69, 9.17) is 10.9 Å². The number of carbonyl (C=O) groups excluding carboxylic acids is 1. The number of nitrogens with zero attached hydrogens (tertiary/aromatic N) is 1. The molecule has 18 heavy (non-hydrogen) atoms. The lowest BCUT2D eigenvalue weighted by molar-refractivity contribution is -0.133. The highest BCUT2D eigenvalue weighted by Crippen LogP contribution is 2.45. The minimum absolute atomic E-state index is 0.0360. The molecule has 5 heteroatoms. The molecular formula is C13H25N3O2. The van der Waals surface area contributed by atoms with E-state index in [0.717, 1.165) is 6.42 Å². The van der Waals surface area contributed by atoms with Crippen LogP contribution >= 0.6 is 0 Å². The van der Waals surface area contributed by atoms with Crippen LogP contribution in [0, 0.1) is 16.7 Å². The second-order valence-electron chi connectivity index (χ2n) is 6.65. The van der Waals surface area contributed by atoms with Crippen LogP contribution in [0.3, 0.4) is 0 Å². The highest BCUT2D eigenvalue weighted by Gasteiger charge is 2.52. The molecule has 0 atom stereocenters. The Morgan fingerprint density at radius 1 is 1.50 bits per heavy atom. The predicted octanol–water partition coefficient (Wildman–Crippen LogP) is 1.70. The summed E-state index contributed by atoms with van der Waals surface area (Å²) in [4.78, 5) is 12.2. The molecule has 0 unspecified atom stereocenters. The molecule has 1 saturated carbocycles. The number of hydrogen-bond acceptors (Lipinski definition) is 3. The summed E-state index contributed by atoms with van der Waals surface area (Å²) in [5.41, 5.74) is 5.07. The van der Waals surface area contributed by atoms with E-state index < -0.39 is 5.41 Å². The Balaban J connectivity index is 2.58. The fourth-order valence-corrected chi connectivity index (χ4v) is 2.46. The summed E-state index contributed by atoms with van der Waals surface area (Å²) in [7, 11) is 0. The van der Waals surface area contributed by atoms with Crippen molar-refractivity contribution in [1.82, 2.24) is 5.32 Å². The molecule has 1 aliphatic carbocycles. The van der Waals surface area contributed by atoms with Gasteiger partial charge < -0.3 is 16.3 Å². The number of carbonyl (C=O) groups is 1. The van der Waals surface area contributed by atoms with Gasteiger partial charge in [0.15, 0.2) is 5.84 Å². The first-order chi connectivity index (χ1) is 8.21. The quantitative estimate of drug-likeness (QED) is 0.309. The average molecular weight is 255 g/mol. The van der Waals surface area contributed by atoms with Gasteiger partial charge in [0.25, 0.3) is 0 Å². The summed E-state index contributed by atoms with van der Waals surface area (Å²) in [6, 6.07) is 0. The van der Waals surface area contributed by atoms with E-state index in [2.05, 4.69) is 38.2 Å². The molecule has 1 fully saturated rings. The van der Waals surface area contributed by atoms with E-state index in [-0.39, 0.29) is 17.2 Å². The number of rotatable bonds is 4. The summed E-state index contributed by atoms with van der Waals surface area (Å²) in [6.45, 7) is 9.07. The monoisotopic (exact) mass is 255 g/mol. The lowest BCUT2D eigenvalue weighted by Crippen LogP contribution is -2.57. The zero-order chi connectivity index (χ0) is 14.0. The molecular weight excluding hydrogens is 230 g/mol. The summed E-state index contributed by atoms with van der Waals surface area (Å²) >= 11 is 0. The number of nitrogens with two attached hydrogens (primary N) is 1. The van der Waals surface area contributed by atoms with E-state index >= 15 is 0 Å². The number of amidine groups is 1. The maximum atomic E-state index is 12.2. The summed E-state index contributed by atoms with van der Waals surface area (Å²) in [6.07, 6.45) is 2.22. The average Bonchev–Trinajstić information content (AvgIpc) is 2.21. The van der Waals surface area contributed by atoms with Crippen molar-refractivity contribution in [1.29, 1.82) is 0 Å². The highest BCUT2D eigenvalue weighted by molar-refractivity contribution is 6.07. The van der Waals surface area contributed by atoms with Crippen LogP contribution in [0.1, 0.15) is 47.0 Å². The predicted molar refractivity (Wildman–Crippen MR) is 71.3 cm³/mol. The van der Waals surface area contributed by atoms with Crippen LogP contribution in [0.25, 0.3) is 0 Å². The van der Waals surface area contributed by atoms with E-state index in [9.17, 15) is 4.79 Å². The van der Waals surface area contributed by atoms with Crippen LogP contribution in [0.2, 0.25) is 0 Å². The number of hydrogen-bond donors (Lipinski definition) is 3. The zero-order valence-electron chi connectivity index (χ0n) is 11.8. The molecule has 0 saturated heterocycles. The first-order valence-electron chi connectivity index (χ1n) is 6.47. The first kappa shape index (κ1) is 14.8. The Bertz CT molecular complexity index is 339. The summed E-state index contributed by atoms with van der Waals surface area (Å²) in [5, 5.41) is 14.7. The van der Waals surface area contributed by atoms with Crippen molar-refractivity contribution >= 4 is 11.7 Å². The molecule has 1 amide bonds. The molecule has 1 rings (SSSR count). The van der Waals surface area contributed by atoms with E-state index in [1.165, 1.54) is 0 Å². The Morgan fingerprint density at radius 3 is 2.44 bits per heavy atom. The minimum Gasteiger partial charge on any atom is -0.409 e. The fraction of sp³-hybridized carbons (Fsp3) is 0.846. The normalized spacial score (nSPS) is 28.7. The van der Waals surface area contributed by atoms with Crippen molar-refractivity contribution < 1.29 is 10.0 Å². The Hall–Kier alpha value is -1.26. The molecule has 1 aliphatic rings. The van der Waals surface area contributed by atoms with Crippen molar-refractivity contribution in [2.45, 2.75) is 47.0 Å². The lowest BCUT2D eigenvalue weighted by atomic mass is 9.61. The highest BCUT2D eigenvalue weighted by atomic mass is 16.4. The largest absolute Gasteiger partial charge is 0.409 e. The van der Waals surface area contributed by atoms with E-state index in [1.54, 1.807) is 0 Å². The lowest BCUT2D eigenvalue weighted by Gasteiger charge is -2.43. The van der Waals surface area contributed by atoms with Gasteiger partial charge in [-0.1, -0.05) is 32.9 Å². The first-order valence-corrected chi connectivity index (χ1v) is 6.47. The molecule has 0 aromatic rings. The van der Waals surface area contributed by atoms with Crippen LogP contribution < -0.4 is 11.1 Å². The Labute approximate surface area is 109 Å². The molecule has 4 N–H and O–H groups in total. The second-order valence-corrected chi connectivity index (χ2v) is 6.65. The van der Waals surface area contributed by atoms with Gasteiger partial charge in [0.2, 0.25) is 5.91 Å². The fourth-order valence-electron chi connectivity index (χ4n) is 2.46. The van der Waals surface area contributed by atoms with Crippen LogP contribution in [0.15, 0.2) is 5.16 Å². The zero-order valence-corrected chi connectivity index (χ0v) is 11.8. The molecule has 0 spiro atoms. The molecule has 0 aromatic carbocycles. The van der Waals surface area contributed by atoms with Crippen molar-refractivity contribution in [2.75, 3.05) is 6.54 Å². The summed E-state index contributed by atoms with van der Waals surface area (Å²) in [5.74, 6) is 0.368. The molecule has 0 heterocycles. The molecule has 104 valence electrons. The third-order valence-corrected chi connectivity index (χ3v) is 3.59. The van der Waals surface area contributed by atoms with Gasteiger partial charge in [-0.25, -0.2) is 0 Å². The SMILES string of the molecule is CC1CC(C(=O)NCCC(C)(C)C)(C(N)=NO)C1. The topological polar surface area (TPSA) is 87.7 Å². The maximum Gasteiger partial charge on any atom is 0.233 e. The van der Waals surface area contributed by atoms with Gasteiger partial charge in [-0.2, -0.15) is 0 Å². The minimum atomic E-state index is -0.786. The maximum absolute atomic E-state index is 12.2. The van der Waals surface area contributed by atoms with Gasteiger partial charge in [0.05, 0.1) is 0 Å². The van der Waals surface area contributed by atoms with Gasteiger partial charge in [-0.3, -0.25) is 4.79 Å².